The molecule has 3 atom stereocenters. The van der Waals surface area contributed by atoms with Crippen LogP contribution in [0, 0.1) is 0 Å². The van der Waals surface area contributed by atoms with Crippen molar-refractivity contribution in [3.8, 4) is 0 Å². The first-order valence-corrected chi connectivity index (χ1v) is 4.47. The maximum Gasteiger partial charge on any atom is 0.317 e. The number of aliphatic carboxylic acids is 1. The summed E-state index contributed by atoms with van der Waals surface area (Å²) in [5.74, 6) is -0.968. The third-order valence-corrected chi connectivity index (χ3v) is 1.47. The number of carbonyl (C=O) groups is 1. The van der Waals surface area contributed by atoms with Gasteiger partial charge in [0.25, 0.3) is 0 Å². The van der Waals surface area contributed by atoms with Crippen LogP contribution in [-0.2, 0) is 4.79 Å². The summed E-state index contributed by atoms with van der Waals surface area (Å²) in [6.07, 6.45) is -2.50. The first kappa shape index (κ1) is 16.7. The Kier molecular flexibility index (Phi) is 9.53. The van der Waals surface area contributed by atoms with E-state index in [1.807, 2.05) is 0 Å². The Morgan fingerprint density at radius 3 is 1.33 bits per heavy atom. The summed E-state index contributed by atoms with van der Waals surface area (Å²) < 4.78 is 0. The van der Waals surface area contributed by atoms with Crippen molar-refractivity contribution in [2.75, 3.05) is 6.54 Å². The summed E-state index contributed by atoms with van der Waals surface area (Å²) in [6, 6.07) is 0. The molecule has 92 valence electrons. The second-order valence-electron chi connectivity index (χ2n) is 2.94. The number of hydrogen-bond donors (Lipinski definition) is 5. The standard InChI is InChI=1S/C6H15NO3.C2H5NO2/c1-4(8)7(5(2)9)6(3)10;3-1-2(4)5/h4-6,8-10H,1-3H3;1,3H2,(H,4,5). The number of aliphatic hydroxyl groups excluding tert-OH is 3. The van der Waals surface area contributed by atoms with Gasteiger partial charge in [0, 0.05) is 0 Å². The summed E-state index contributed by atoms with van der Waals surface area (Å²) in [4.78, 5) is 10.4. The van der Waals surface area contributed by atoms with E-state index in [0.29, 0.717) is 0 Å². The predicted octanol–water partition coefficient (Wildman–Crippen LogP) is -1.67. The number of aliphatic hydroxyl groups is 3. The summed E-state index contributed by atoms with van der Waals surface area (Å²) in [5, 5.41) is 34.5. The number of nitrogens with two attached hydrogens (primary N) is 1. The van der Waals surface area contributed by atoms with Crippen molar-refractivity contribution in [2.24, 2.45) is 5.73 Å². The van der Waals surface area contributed by atoms with Gasteiger partial charge in [-0.25, -0.2) is 4.90 Å². The van der Waals surface area contributed by atoms with Gasteiger partial charge in [0.1, 0.15) is 18.7 Å². The second-order valence-corrected chi connectivity index (χ2v) is 2.94. The zero-order valence-electron chi connectivity index (χ0n) is 9.16. The van der Waals surface area contributed by atoms with E-state index >= 15 is 0 Å². The molecular weight excluding hydrogens is 204 g/mol. The fourth-order valence-electron chi connectivity index (χ4n) is 0.937. The molecule has 0 fully saturated rings. The van der Waals surface area contributed by atoms with E-state index in [4.69, 9.17) is 20.4 Å². The second kappa shape index (κ2) is 8.57. The molecule has 0 aromatic rings. The summed E-state index contributed by atoms with van der Waals surface area (Å²) in [7, 11) is 0. The highest BCUT2D eigenvalue weighted by atomic mass is 16.4. The molecule has 0 rings (SSSR count). The van der Waals surface area contributed by atoms with Crippen molar-refractivity contribution in [1.82, 2.24) is 4.90 Å². The van der Waals surface area contributed by atoms with Gasteiger partial charge in [0.05, 0.1) is 6.54 Å². The van der Waals surface area contributed by atoms with Crippen LogP contribution in [0.1, 0.15) is 20.8 Å². The number of carboxylic acids is 1. The lowest BCUT2D eigenvalue weighted by atomic mass is 10.4. The normalized spacial score (nSPS) is 16.3. The average Bonchev–Trinajstić information content (AvgIpc) is 2.02. The van der Waals surface area contributed by atoms with Crippen LogP contribution in [0.4, 0.5) is 0 Å². The van der Waals surface area contributed by atoms with Crippen molar-refractivity contribution in [1.29, 1.82) is 0 Å². The summed E-state index contributed by atoms with van der Waals surface area (Å²) in [5.41, 5.74) is 4.57. The Morgan fingerprint density at radius 1 is 1.13 bits per heavy atom. The van der Waals surface area contributed by atoms with Gasteiger partial charge in [0.15, 0.2) is 0 Å². The predicted molar refractivity (Wildman–Crippen MR) is 53.6 cm³/mol. The summed E-state index contributed by atoms with van der Waals surface area (Å²) >= 11 is 0. The molecule has 0 aliphatic heterocycles. The van der Waals surface area contributed by atoms with Gasteiger partial charge in [-0.2, -0.15) is 0 Å². The number of nitrogens with zero attached hydrogens (tertiary/aromatic N) is 1. The molecule has 7 nitrogen and oxygen atoms in total. The van der Waals surface area contributed by atoms with Crippen LogP contribution >= 0.6 is 0 Å². The minimum atomic E-state index is -0.968. The van der Waals surface area contributed by atoms with Crippen LogP contribution < -0.4 is 5.73 Å². The largest absolute Gasteiger partial charge is 0.480 e. The highest BCUT2D eigenvalue weighted by Gasteiger charge is 2.20. The zero-order valence-corrected chi connectivity index (χ0v) is 9.16. The van der Waals surface area contributed by atoms with Crippen molar-refractivity contribution < 1.29 is 25.2 Å². The Morgan fingerprint density at radius 2 is 1.33 bits per heavy atom. The molecule has 0 amide bonds. The van der Waals surface area contributed by atoms with E-state index in [9.17, 15) is 4.79 Å². The maximum atomic E-state index is 9.24. The van der Waals surface area contributed by atoms with Crippen LogP contribution in [0.2, 0.25) is 0 Å². The first-order chi connectivity index (χ1) is 6.73. The minimum absolute atomic E-state index is 0.278. The summed E-state index contributed by atoms with van der Waals surface area (Å²) in [6.45, 7) is 4.18. The van der Waals surface area contributed by atoms with Crippen molar-refractivity contribution in [3.63, 3.8) is 0 Å². The molecule has 0 aromatic heterocycles. The van der Waals surface area contributed by atoms with Crippen LogP contribution in [0.5, 0.6) is 0 Å². The van der Waals surface area contributed by atoms with Crippen LogP contribution in [0.15, 0.2) is 0 Å². The number of rotatable bonds is 4. The molecule has 6 N–H and O–H groups in total. The van der Waals surface area contributed by atoms with E-state index in [2.05, 4.69) is 5.73 Å². The molecule has 0 aromatic carbocycles. The van der Waals surface area contributed by atoms with E-state index in [1.54, 1.807) is 0 Å². The third kappa shape index (κ3) is 9.57. The molecule has 0 bridgehead atoms. The highest BCUT2D eigenvalue weighted by Crippen LogP contribution is 2.04. The van der Waals surface area contributed by atoms with E-state index < -0.39 is 24.7 Å². The Balaban J connectivity index is 0. The molecule has 0 saturated heterocycles. The van der Waals surface area contributed by atoms with Crippen molar-refractivity contribution >= 4 is 5.97 Å². The van der Waals surface area contributed by atoms with Crippen LogP contribution in [-0.4, -0.2) is 56.5 Å². The molecule has 7 heteroatoms. The van der Waals surface area contributed by atoms with Gasteiger partial charge in [-0.1, -0.05) is 0 Å². The average molecular weight is 224 g/mol. The Labute approximate surface area is 88.7 Å². The van der Waals surface area contributed by atoms with Gasteiger partial charge in [-0.15, -0.1) is 0 Å². The third-order valence-electron chi connectivity index (χ3n) is 1.47. The Bertz CT molecular complexity index is 153. The van der Waals surface area contributed by atoms with Gasteiger partial charge in [-0.3, -0.25) is 4.79 Å². The maximum absolute atomic E-state index is 9.24. The zero-order chi connectivity index (χ0) is 12.6. The molecule has 3 unspecified atom stereocenters. The molecular formula is C8H20N2O5. The molecule has 0 radical (unpaired) electrons. The lowest BCUT2D eigenvalue weighted by Crippen LogP contribution is -2.45. The van der Waals surface area contributed by atoms with Gasteiger partial charge >= 0.3 is 5.97 Å². The van der Waals surface area contributed by atoms with Gasteiger partial charge < -0.3 is 26.2 Å². The van der Waals surface area contributed by atoms with E-state index in [-0.39, 0.29) is 6.54 Å². The molecule has 0 aliphatic carbocycles. The lowest BCUT2D eigenvalue weighted by molar-refractivity contribution is -0.159. The van der Waals surface area contributed by atoms with E-state index in [1.165, 1.54) is 25.7 Å². The lowest BCUT2D eigenvalue weighted by Gasteiger charge is -2.30. The molecule has 0 heterocycles. The van der Waals surface area contributed by atoms with Crippen molar-refractivity contribution in [3.05, 3.63) is 0 Å². The fourth-order valence-corrected chi connectivity index (χ4v) is 0.937. The fraction of sp³-hybridized carbons (Fsp3) is 0.875. The number of hydrogen-bond acceptors (Lipinski definition) is 6. The molecule has 0 saturated carbocycles. The SMILES string of the molecule is CC(O)N(C(C)O)C(C)O.NCC(=O)O. The molecule has 0 spiro atoms. The van der Waals surface area contributed by atoms with Gasteiger partial charge in [0.2, 0.25) is 0 Å². The highest BCUT2D eigenvalue weighted by molar-refractivity contribution is 5.68. The molecule has 0 aliphatic rings. The van der Waals surface area contributed by atoms with Crippen molar-refractivity contribution in [2.45, 2.75) is 39.5 Å². The quantitative estimate of drug-likeness (QED) is 0.361. The topological polar surface area (TPSA) is 127 Å². The van der Waals surface area contributed by atoms with Gasteiger partial charge in [-0.05, 0) is 20.8 Å². The minimum Gasteiger partial charge on any atom is -0.480 e. The van der Waals surface area contributed by atoms with E-state index in [0.717, 1.165) is 0 Å². The van der Waals surface area contributed by atoms with Crippen LogP contribution in [0.25, 0.3) is 0 Å². The Hall–Kier alpha value is -0.730. The first-order valence-electron chi connectivity index (χ1n) is 4.47. The number of carboxylic acid groups (broad SMARTS) is 1. The molecule has 15 heavy (non-hydrogen) atoms. The van der Waals surface area contributed by atoms with Crippen LogP contribution in [0.3, 0.4) is 0 Å². The monoisotopic (exact) mass is 224 g/mol. The smallest absolute Gasteiger partial charge is 0.317 e.